The number of terminal acetylenes is 1. The molecule has 0 saturated heterocycles. The third-order valence-electron chi connectivity index (χ3n) is 5.14. The first kappa shape index (κ1) is 24.9. The SMILES string of the molecule is C#CCN(Cc1ccc2nc(C)[nH]c(=O)c2c1)c1ccc(C(=O)N[C@@H](CCC(=O)O)C(=O)O)nc1. The second-order valence-electron chi connectivity index (χ2n) is 7.76. The van der Waals surface area contributed by atoms with Gasteiger partial charge < -0.3 is 25.4 Å². The van der Waals surface area contributed by atoms with Gasteiger partial charge in [-0.1, -0.05) is 12.0 Å². The second-order valence-corrected chi connectivity index (χ2v) is 7.76. The van der Waals surface area contributed by atoms with Crippen molar-refractivity contribution < 1.29 is 24.6 Å². The van der Waals surface area contributed by atoms with Gasteiger partial charge in [0.2, 0.25) is 0 Å². The molecule has 0 radical (unpaired) electrons. The van der Waals surface area contributed by atoms with Crippen LogP contribution in [0.2, 0.25) is 0 Å². The molecule has 3 rings (SSSR count). The average molecular weight is 477 g/mol. The molecule has 0 unspecified atom stereocenters. The largest absolute Gasteiger partial charge is 0.481 e. The predicted molar refractivity (Wildman–Crippen MR) is 127 cm³/mol. The van der Waals surface area contributed by atoms with Crippen molar-refractivity contribution in [2.75, 3.05) is 11.4 Å². The van der Waals surface area contributed by atoms with Crippen molar-refractivity contribution >= 4 is 34.4 Å². The lowest BCUT2D eigenvalue weighted by atomic mass is 10.1. The third-order valence-corrected chi connectivity index (χ3v) is 5.14. The van der Waals surface area contributed by atoms with Gasteiger partial charge in [-0.2, -0.15) is 0 Å². The Labute approximate surface area is 199 Å². The van der Waals surface area contributed by atoms with Gasteiger partial charge >= 0.3 is 11.9 Å². The van der Waals surface area contributed by atoms with Crippen LogP contribution in [0.5, 0.6) is 0 Å². The summed E-state index contributed by atoms with van der Waals surface area (Å²) < 4.78 is 0. The van der Waals surface area contributed by atoms with Crippen LogP contribution in [0.4, 0.5) is 5.69 Å². The number of hydrogen-bond donors (Lipinski definition) is 4. The summed E-state index contributed by atoms with van der Waals surface area (Å²) in [4.78, 5) is 59.6. The molecule has 0 spiro atoms. The number of aryl methyl sites for hydroxylation is 1. The lowest BCUT2D eigenvalue weighted by molar-refractivity contribution is -0.140. The quantitative estimate of drug-likeness (QED) is 0.315. The molecular weight excluding hydrogens is 454 g/mol. The molecule has 1 atom stereocenters. The number of aromatic amines is 1. The number of carbonyl (C=O) groups excluding carboxylic acids is 1. The van der Waals surface area contributed by atoms with E-state index in [2.05, 4.69) is 26.2 Å². The summed E-state index contributed by atoms with van der Waals surface area (Å²) in [5, 5.41) is 20.7. The summed E-state index contributed by atoms with van der Waals surface area (Å²) >= 11 is 0. The van der Waals surface area contributed by atoms with Crippen molar-refractivity contribution in [3.05, 3.63) is 64.0 Å². The molecule has 1 aromatic carbocycles. The number of pyridine rings is 1. The van der Waals surface area contributed by atoms with Gasteiger partial charge in [-0.05, 0) is 43.2 Å². The number of hydrogen-bond acceptors (Lipinski definition) is 7. The van der Waals surface area contributed by atoms with Gasteiger partial charge in [-0.3, -0.25) is 14.4 Å². The maximum Gasteiger partial charge on any atom is 0.326 e. The van der Waals surface area contributed by atoms with Gasteiger partial charge in [0, 0.05) is 13.0 Å². The van der Waals surface area contributed by atoms with Crippen LogP contribution in [0.3, 0.4) is 0 Å². The van der Waals surface area contributed by atoms with Crippen molar-refractivity contribution in [2.24, 2.45) is 0 Å². The number of anilines is 1. The van der Waals surface area contributed by atoms with Crippen LogP contribution in [0.25, 0.3) is 10.9 Å². The maximum atomic E-state index is 12.4. The van der Waals surface area contributed by atoms with E-state index in [0.29, 0.717) is 29.0 Å². The highest BCUT2D eigenvalue weighted by Crippen LogP contribution is 2.18. The Balaban J connectivity index is 1.76. The van der Waals surface area contributed by atoms with E-state index in [-0.39, 0.29) is 24.2 Å². The predicted octanol–water partition coefficient (Wildman–Crippen LogP) is 1.31. The minimum absolute atomic E-state index is 0.0327. The molecule has 2 heterocycles. The molecule has 0 aliphatic heterocycles. The van der Waals surface area contributed by atoms with Crippen LogP contribution in [0, 0.1) is 19.3 Å². The Morgan fingerprint density at radius 2 is 2.00 bits per heavy atom. The monoisotopic (exact) mass is 477 g/mol. The van der Waals surface area contributed by atoms with Crippen LogP contribution in [-0.4, -0.2) is 55.6 Å². The molecule has 0 saturated carbocycles. The molecule has 3 aromatic rings. The maximum absolute atomic E-state index is 12.4. The number of H-pyrrole nitrogens is 1. The number of nitrogens with one attached hydrogen (secondary N) is 2. The fourth-order valence-electron chi connectivity index (χ4n) is 3.44. The number of nitrogens with zero attached hydrogens (tertiary/aromatic N) is 3. The zero-order valence-corrected chi connectivity index (χ0v) is 18.8. The first-order chi connectivity index (χ1) is 16.7. The first-order valence-corrected chi connectivity index (χ1v) is 10.6. The van der Waals surface area contributed by atoms with Gasteiger partial charge in [0.15, 0.2) is 0 Å². The van der Waals surface area contributed by atoms with Gasteiger partial charge in [-0.25, -0.2) is 14.8 Å². The highest BCUT2D eigenvalue weighted by atomic mass is 16.4. The fourth-order valence-corrected chi connectivity index (χ4v) is 3.44. The summed E-state index contributed by atoms with van der Waals surface area (Å²) in [6, 6.07) is 7.02. The zero-order valence-electron chi connectivity index (χ0n) is 18.8. The van der Waals surface area contributed by atoms with Crippen LogP contribution in [-0.2, 0) is 16.1 Å². The van der Waals surface area contributed by atoms with E-state index in [4.69, 9.17) is 11.5 Å². The molecule has 11 nitrogen and oxygen atoms in total. The number of fused-ring (bicyclic) bond motifs is 1. The molecule has 35 heavy (non-hydrogen) atoms. The molecule has 0 fully saturated rings. The van der Waals surface area contributed by atoms with E-state index < -0.39 is 30.3 Å². The number of amides is 1. The minimum atomic E-state index is -1.35. The Morgan fingerprint density at radius 3 is 2.63 bits per heavy atom. The van der Waals surface area contributed by atoms with Gasteiger partial charge in [-0.15, -0.1) is 6.42 Å². The number of carboxylic acids is 2. The Bertz CT molecular complexity index is 1360. The van der Waals surface area contributed by atoms with Gasteiger partial charge in [0.05, 0.1) is 29.3 Å². The Kier molecular flexibility index (Phi) is 7.78. The zero-order chi connectivity index (χ0) is 25.5. The van der Waals surface area contributed by atoms with Crippen LogP contribution in [0.15, 0.2) is 41.3 Å². The number of aromatic nitrogens is 3. The number of carboxylic acid groups (broad SMARTS) is 2. The Morgan fingerprint density at radius 1 is 1.23 bits per heavy atom. The van der Waals surface area contributed by atoms with Crippen molar-refractivity contribution in [2.45, 2.75) is 32.4 Å². The lowest BCUT2D eigenvalue weighted by Gasteiger charge is -2.22. The first-order valence-electron chi connectivity index (χ1n) is 10.6. The van der Waals surface area contributed by atoms with E-state index in [1.165, 1.54) is 12.3 Å². The molecule has 4 N–H and O–H groups in total. The molecule has 0 aliphatic carbocycles. The molecule has 2 aromatic heterocycles. The molecule has 1 amide bonds. The summed E-state index contributed by atoms with van der Waals surface area (Å²) in [5.74, 6) is -0.150. The minimum Gasteiger partial charge on any atom is -0.481 e. The lowest BCUT2D eigenvalue weighted by Crippen LogP contribution is -2.41. The molecule has 11 heteroatoms. The number of rotatable bonds is 10. The van der Waals surface area contributed by atoms with Crippen LogP contribution < -0.4 is 15.8 Å². The molecule has 0 bridgehead atoms. The third kappa shape index (κ3) is 6.42. The van der Waals surface area contributed by atoms with E-state index >= 15 is 0 Å². The fraction of sp³-hybridized carbons (Fsp3) is 0.250. The smallest absolute Gasteiger partial charge is 0.326 e. The van der Waals surface area contributed by atoms with Crippen LogP contribution in [0.1, 0.15) is 34.7 Å². The summed E-state index contributed by atoms with van der Waals surface area (Å²) in [5.41, 5.74) is 1.73. The highest BCUT2D eigenvalue weighted by Gasteiger charge is 2.22. The van der Waals surface area contributed by atoms with Crippen molar-refractivity contribution in [1.29, 1.82) is 0 Å². The van der Waals surface area contributed by atoms with E-state index in [0.717, 1.165) is 5.56 Å². The second kappa shape index (κ2) is 10.9. The summed E-state index contributed by atoms with van der Waals surface area (Å²) in [6.07, 6.45) is 6.30. The van der Waals surface area contributed by atoms with E-state index in [9.17, 15) is 24.3 Å². The topological polar surface area (TPSA) is 166 Å². The standard InChI is InChI=1S/C24H23N5O6/c1-3-10-29(13-15-4-6-18-17(11-15)22(32)27-14(2)26-18)16-5-7-19(25-12-16)23(33)28-20(24(34)35)8-9-21(30)31/h1,4-7,11-12,20H,8-10,13H2,2H3,(H,28,33)(H,30,31)(H,34,35)(H,26,27,32)/t20-/m0/s1. The molecular formula is C24H23N5O6. The Hall–Kier alpha value is -4.72. The van der Waals surface area contributed by atoms with E-state index in [1.54, 1.807) is 25.1 Å². The number of aliphatic carboxylic acids is 2. The van der Waals surface area contributed by atoms with Crippen LogP contribution >= 0.6 is 0 Å². The van der Waals surface area contributed by atoms with Crippen molar-refractivity contribution in [3.8, 4) is 12.3 Å². The van der Waals surface area contributed by atoms with Crippen molar-refractivity contribution in [3.63, 3.8) is 0 Å². The number of benzene rings is 1. The normalized spacial score (nSPS) is 11.4. The number of carbonyl (C=O) groups is 3. The molecule has 0 aliphatic rings. The van der Waals surface area contributed by atoms with Gasteiger partial charge in [0.1, 0.15) is 17.6 Å². The van der Waals surface area contributed by atoms with Crippen molar-refractivity contribution in [1.82, 2.24) is 20.3 Å². The summed E-state index contributed by atoms with van der Waals surface area (Å²) in [7, 11) is 0. The summed E-state index contributed by atoms with van der Waals surface area (Å²) in [6.45, 7) is 2.29. The van der Waals surface area contributed by atoms with E-state index in [1.807, 2.05) is 11.0 Å². The highest BCUT2D eigenvalue weighted by molar-refractivity contribution is 5.95. The molecule has 180 valence electrons. The average Bonchev–Trinajstić information content (AvgIpc) is 2.81. The van der Waals surface area contributed by atoms with Gasteiger partial charge in [0.25, 0.3) is 11.5 Å².